The van der Waals surface area contributed by atoms with E-state index in [0.29, 0.717) is 6.54 Å². The summed E-state index contributed by atoms with van der Waals surface area (Å²) in [5, 5.41) is 6.10. The van der Waals surface area contributed by atoms with Crippen molar-refractivity contribution < 1.29 is 9.53 Å². The van der Waals surface area contributed by atoms with Crippen LogP contribution in [-0.2, 0) is 11.3 Å². The highest BCUT2D eigenvalue weighted by Crippen LogP contribution is 2.33. The van der Waals surface area contributed by atoms with Crippen LogP contribution in [0.25, 0.3) is 0 Å². The van der Waals surface area contributed by atoms with E-state index in [1.54, 1.807) is 11.3 Å². The van der Waals surface area contributed by atoms with Gasteiger partial charge in [0, 0.05) is 30.0 Å². The van der Waals surface area contributed by atoms with Gasteiger partial charge in [0.1, 0.15) is 0 Å². The first-order valence-corrected chi connectivity index (χ1v) is 10.2. The minimum atomic E-state index is -0.0278. The molecule has 2 fully saturated rings. The van der Waals surface area contributed by atoms with E-state index in [2.05, 4.69) is 15.2 Å². The van der Waals surface area contributed by atoms with Crippen molar-refractivity contribution in [3.05, 3.63) is 33.0 Å². The van der Waals surface area contributed by atoms with E-state index < -0.39 is 0 Å². The van der Waals surface area contributed by atoms with Gasteiger partial charge in [-0.3, -0.25) is 4.79 Å². The van der Waals surface area contributed by atoms with Crippen molar-refractivity contribution in [1.82, 2.24) is 10.3 Å². The quantitative estimate of drug-likeness (QED) is 0.882. The highest BCUT2D eigenvalue weighted by atomic mass is 32.1. The summed E-state index contributed by atoms with van der Waals surface area (Å²) in [5.74, 6) is -0.0278. The summed E-state index contributed by atoms with van der Waals surface area (Å²) in [4.78, 5) is 21.2. The number of nitrogens with zero attached hydrogens (tertiary/aromatic N) is 2. The number of amides is 1. The molecule has 2 aromatic heterocycles. The first-order chi connectivity index (χ1) is 11.8. The smallest absolute Gasteiger partial charge is 0.261 e. The fourth-order valence-electron chi connectivity index (χ4n) is 3.14. The van der Waals surface area contributed by atoms with Crippen LogP contribution >= 0.6 is 22.7 Å². The fraction of sp³-hybridized carbons (Fsp3) is 0.529. The van der Waals surface area contributed by atoms with E-state index in [9.17, 15) is 4.79 Å². The maximum atomic E-state index is 12.3. The number of thiophene rings is 1. The Labute approximate surface area is 149 Å². The molecule has 0 saturated carbocycles. The number of aromatic nitrogens is 1. The minimum Gasteiger partial charge on any atom is -0.373 e. The zero-order chi connectivity index (χ0) is 16.4. The number of rotatable bonds is 5. The molecule has 2 aliphatic rings. The second kappa shape index (κ2) is 7.21. The maximum Gasteiger partial charge on any atom is 0.261 e. The van der Waals surface area contributed by atoms with Gasteiger partial charge in [-0.1, -0.05) is 0 Å². The lowest BCUT2D eigenvalue weighted by Gasteiger charge is -2.12. The Kier molecular flexibility index (Phi) is 4.82. The average molecular weight is 364 g/mol. The molecule has 24 heavy (non-hydrogen) atoms. The molecule has 0 bridgehead atoms. The molecule has 4 rings (SSSR count). The minimum absolute atomic E-state index is 0.0278. The molecule has 0 aromatic carbocycles. The summed E-state index contributed by atoms with van der Waals surface area (Å²) in [6, 6.07) is 3.91. The standard InChI is InChI=1S/C17H21N3O2S2/c21-16(15-6-5-14(24-15)13-4-3-9-22-13)18-10-12-11-23-17(19-12)20-7-1-2-8-20/h5-6,11,13H,1-4,7-10H2,(H,18,21)/t13-/m0/s1. The molecule has 7 heteroatoms. The van der Waals surface area contributed by atoms with Crippen LogP contribution in [0.3, 0.4) is 0 Å². The Morgan fingerprint density at radius 3 is 3.00 bits per heavy atom. The molecular formula is C17H21N3O2S2. The third-order valence-corrected chi connectivity index (χ3v) is 6.57. The highest BCUT2D eigenvalue weighted by molar-refractivity contribution is 7.14. The Bertz CT molecular complexity index is 700. The predicted octanol–water partition coefficient (Wildman–Crippen LogP) is 3.59. The van der Waals surface area contributed by atoms with Crippen molar-refractivity contribution in [2.24, 2.45) is 0 Å². The topological polar surface area (TPSA) is 54.5 Å². The van der Waals surface area contributed by atoms with Crippen LogP contribution in [0.5, 0.6) is 0 Å². The second-order valence-corrected chi connectivity index (χ2v) is 8.15. The molecule has 1 atom stereocenters. The summed E-state index contributed by atoms with van der Waals surface area (Å²) >= 11 is 3.20. The number of thiazole rings is 1. The molecule has 1 amide bonds. The van der Waals surface area contributed by atoms with Gasteiger partial charge < -0.3 is 15.0 Å². The second-order valence-electron chi connectivity index (χ2n) is 6.20. The Balaban J connectivity index is 1.33. The monoisotopic (exact) mass is 363 g/mol. The number of hydrogen-bond donors (Lipinski definition) is 1. The van der Waals surface area contributed by atoms with E-state index in [1.807, 2.05) is 17.5 Å². The molecule has 128 valence electrons. The van der Waals surface area contributed by atoms with Crippen molar-refractivity contribution in [3.63, 3.8) is 0 Å². The largest absolute Gasteiger partial charge is 0.373 e. The zero-order valence-corrected chi connectivity index (χ0v) is 15.1. The average Bonchev–Trinajstić information content (AvgIpc) is 3.40. The van der Waals surface area contributed by atoms with Gasteiger partial charge >= 0.3 is 0 Å². The molecule has 4 heterocycles. The van der Waals surface area contributed by atoms with E-state index in [1.165, 1.54) is 24.2 Å². The van der Waals surface area contributed by atoms with E-state index in [4.69, 9.17) is 4.74 Å². The van der Waals surface area contributed by atoms with Gasteiger partial charge in [0.15, 0.2) is 5.13 Å². The lowest BCUT2D eigenvalue weighted by Crippen LogP contribution is -2.22. The van der Waals surface area contributed by atoms with Crippen LogP contribution in [0.2, 0.25) is 0 Å². The summed E-state index contributed by atoms with van der Waals surface area (Å²) in [6.45, 7) is 3.50. The van der Waals surface area contributed by atoms with Crippen molar-refractivity contribution >= 4 is 33.7 Å². The van der Waals surface area contributed by atoms with E-state index in [-0.39, 0.29) is 12.0 Å². The van der Waals surface area contributed by atoms with Gasteiger partial charge in [0.05, 0.1) is 23.2 Å². The van der Waals surface area contributed by atoms with Crippen LogP contribution in [-0.4, -0.2) is 30.6 Å². The van der Waals surface area contributed by atoms with Crippen molar-refractivity contribution in [2.45, 2.75) is 38.3 Å². The van der Waals surface area contributed by atoms with Gasteiger partial charge in [-0.05, 0) is 37.8 Å². The fourth-order valence-corrected chi connectivity index (χ4v) is 5.03. The van der Waals surface area contributed by atoms with Gasteiger partial charge in [0.25, 0.3) is 5.91 Å². The van der Waals surface area contributed by atoms with Crippen LogP contribution in [0.1, 0.15) is 52.0 Å². The third-order valence-electron chi connectivity index (χ3n) is 4.44. The molecule has 2 aromatic rings. The molecule has 0 spiro atoms. The van der Waals surface area contributed by atoms with Crippen molar-refractivity contribution in [3.8, 4) is 0 Å². The molecule has 0 unspecified atom stereocenters. The lowest BCUT2D eigenvalue weighted by molar-refractivity contribution is 0.0954. The Hall–Kier alpha value is -1.44. The van der Waals surface area contributed by atoms with Crippen LogP contribution in [0, 0.1) is 0 Å². The van der Waals surface area contributed by atoms with E-state index >= 15 is 0 Å². The van der Waals surface area contributed by atoms with Crippen molar-refractivity contribution in [2.75, 3.05) is 24.6 Å². The predicted molar refractivity (Wildman–Crippen MR) is 97.0 cm³/mol. The first-order valence-electron chi connectivity index (χ1n) is 8.48. The Morgan fingerprint density at radius 1 is 1.33 bits per heavy atom. The molecular weight excluding hydrogens is 342 g/mol. The maximum absolute atomic E-state index is 12.3. The third kappa shape index (κ3) is 3.48. The van der Waals surface area contributed by atoms with Crippen LogP contribution in [0.15, 0.2) is 17.5 Å². The lowest BCUT2D eigenvalue weighted by atomic mass is 10.2. The van der Waals surface area contributed by atoms with Gasteiger partial charge in [-0.2, -0.15) is 0 Å². The summed E-state index contributed by atoms with van der Waals surface area (Å²) in [7, 11) is 0. The molecule has 2 aliphatic heterocycles. The normalized spacial score (nSPS) is 20.7. The summed E-state index contributed by atoms with van der Waals surface area (Å²) in [6.07, 6.45) is 4.83. The van der Waals surface area contributed by atoms with Gasteiger partial charge in [-0.25, -0.2) is 4.98 Å². The SMILES string of the molecule is O=C(NCc1csc(N2CCCC2)n1)c1ccc([C@@H]2CCCO2)s1. The highest BCUT2D eigenvalue weighted by Gasteiger charge is 2.21. The molecule has 0 aliphatic carbocycles. The van der Waals surface area contributed by atoms with Gasteiger partial charge in [0.2, 0.25) is 0 Å². The summed E-state index contributed by atoms with van der Waals surface area (Å²) < 4.78 is 5.68. The Morgan fingerprint density at radius 2 is 2.21 bits per heavy atom. The molecule has 5 nitrogen and oxygen atoms in total. The number of carbonyl (C=O) groups is 1. The number of carbonyl (C=O) groups excluding carboxylic acids is 1. The number of anilines is 1. The summed E-state index contributed by atoms with van der Waals surface area (Å²) in [5.41, 5.74) is 0.936. The number of ether oxygens (including phenoxy) is 1. The first kappa shape index (κ1) is 16.1. The number of nitrogens with one attached hydrogen (secondary N) is 1. The molecule has 1 N–H and O–H groups in total. The van der Waals surface area contributed by atoms with Crippen LogP contribution < -0.4 is 10.2 Å². The van der Waals surface area contributed by atoms with Crippen molar-refractivity contribution in [1.29, 1.82) is 0 Å². The number of hydrogen-bond acceptors (Lipinski definition) is 6. The van der Waals surface area contributed by atoms with Crippen LogP contribution in [0.4, 0.5) is 5.13 Å². The molecule has 2 saturated heterocycles. The zero-order valence-electron chi connectivity index (χ0n) is 13.5. The van der Waals surface area contributed by atoms with Gasteiger partial charge in [-0.15, -0.1) is 22.7 Å². The van der Waals surface area contributed by atoms with E-state index in [0.717, 1.165) is 53.1 Å². The molecule has 0 radical (unpaired) electrons.